The molecule has 1 heterocycles. The maximum absolute atomic E-state index is 11.5. The summed E-state index contributed by atoms with van der Waals surface area (Å²) in [6.45, 7) is 2.95. The fourth-order valence-electron chi connectivity index (χ4n) is 3.38. The minimum Gasteiger partial charge on any atom is -0.492 e. The molecule has 1 aliphatic rings. The van der Waals surface area contributed by atoms with Crippen LogP contribution in [0, 0.1) is 0 Å². The number of guanidine groups is 1. The third kappa shape index (κ3) is 6.35. The Hall–Kier alpha value is -2.80. The second kappa shape index (κ2) is 10.3. The highest BCUT2D eigenvalue weighted by atomic mass is 32.2. The average molecular weight is 428 g/mol. The molecule has 2 aromatic carbocycles. The first kappa shape index (κ1) is 21.9. The van der Waals surface area contributed by atoms with Gasteiger partial charge in [-0.25, -0.2) is 8.42 Å². The molecule has 0 saturated carbocycles. The lowest BCUT2D eigenvalue weighted by molar-refractivity contribution is 0.315. The smallest absolute Gasteiger partial charge is 0.193 e. The Kier molecular flexibility index (Phi) is 7.52. The van der Waals surface area contributed by atoms with Gasteiger partial charge in [0, 0.05) is 26.4 Å². The summed E-state index contributed by atoms with van der Waals surface area (Å²) in [4.78, 5) is 6.95. The molecule has 0 radical (unpaired) electrons. The Bertz CT molecular complexity index is 974. The number of likely N-dealkylation sites (tertiary alicyclic amines) is 1. The molecule has 30 heavy (non-hydrogen) atoms. The van der Waals surface area contributed by atoms with Crippen LogP contribution in [-0.2, 0) is 9.84 Å². The highest BCUT2D eigenvalue weighted by Gasteiger charge is 2.17. The molecule has 1 aliphatic heterocycles. The molecule has 2 aromatic rings. The molecule has 160 valence electrons. The van der Waals surface area contributed by atoms with Crippen LogP contribution in [0.1, 0.15) is 18.4 Å². The second-order valence-corrected chi connectivity index (χ2v) is 9.28. The Labute approximate surface area is 179 Å². The largest absolute Gasteiger partial charge is 0.492 e. The van der Waals surface area contributed by atoms with E-state index in [1.54, 1.807) is 31.3 Å². The van der Waals surface area contributed by atoms with E-state index < -0.39 is 9.84 Å². The number of piperidine rings is 1. The van der Waals surface area contributed by atoms with Crippen LogP contribution in [0.3, 0.4) is 0 Å². The van der Waals surface area contributed by atoms with Gasteiger partial charge < -0.3 is 15.0 Å². The van der Waals surface area contributed by atoms with Crippen LogP contribution in [0.4, 0.5) is 0 Å². The SMILES string of the molecule is CN=C(NCCOc1ccc(S(C)(=O)=O)cc1)N1CCC(=Cc2ccccc2)CC1. The van der Waals surface area contributed by atoms with Crippen molar-refractivity contribution in [3.05, 3.63) is 65.7 Å². The van der Waals surface area contributed by atoms with E-state index in [1.807, 2.05) is 6.07 Å². The predicted octanol–water partition coefficient (Wildman–Crippen LogP) is 3.22. The summed E-state index contributed by atoms with van der Waals surface area (Å²) < 4.78 is 28.7. The number of hydrogen-bond acceptors (Lipinski definition) is 4. The van der Waals surface area contributed by atoms with E-state index in [0.29, 0.717) is 23.8 Å². The van der Waals surface area contributed by atoms with Gasteiger partial charge in [0.15, 0.2) is 15.8 Å². The van der Waals surface area contributed by atoms with Crippen molar-refractivity contribution in [3.63, 3.8) is 0 Å². The molecule has 0 amide bonds. The number of hydrogen-bond donors (Lipinski definition) is 1. The molecule has 0 atom stereocenters. The maximum atomic E-state index is 11.5. The van der Waals surface area contributed by atoms with Gasteiger partial charge in [-0.3, -0.25) is 4.99 Å². The topological polar surface area (TPSA) is 71.0 Å². The summed E-state index contributed by atoms with van der Waals surface area (Å²) in [6, 6.07) is 16.9. The molecule has 6 nitrogen and oxygen atoms in total. The predicted molar refractivity (Wildman–Crippen MR) is 122 cm³/mol. The number of nitrogens with zero attached hydrogens (tertiary/aromatic N) is 2. The van der Waals surface area contributed by atoms with Crippen molar-refractivity contribution in [2.24, 2.45) is 4.99 Å². The lowest BCUT2D eigenvalue weighted by atomic mass is 10.0. The lowest BCUT2D eigenvalue weighted by Crippen LogP contribution is -2.45. The zero-order valence-corrected chi connectivity index (χ0v) is 18.4. The first-order valence-corrected chi connectivity index (χ1v) is 12.0. The van der Waals surface area contributed by atoms with Crippen molar-refractivity contribution in [1.29, 1.82) is 0 Å². The molecule has 3 rings (SSSR count). The fraction of sp³-hybridized carbons (Fsp3) is 0.348. The van der Waals surface area contributed by atoms with E-state index in [4.69, 9.17) is 4.74 Å². The van der Waals surface area contributed by atoms with Crippen LogP contribution >= 0.6 is 0 Å². The van der Waals surface area contributed by atoms with Crippen LogP contribution in [-0.4, -0.2) is 58.8 Å². The third-order valence-electron chi connectivity index (χ3n) is 4.99. The summed E-state index contributed by atoms with van der Waals surface area (Å²) in [6.07, 6.45) is 5.54. The lowest BCUT2D eigenvalue weighted by Gasteiger charge is -2.31. The van der Waals surface area contributed by atoms with Gasteiger partial charge in [-0.2, -0.15) is 0 Å². The monoisotopic (exact) mass is 427 g/mol. The summed E-state index contributed by atoms with van der Waals surface area (Å²) in [7, 11) is -1.39. The highest BCUT2D eigenvalue weighted by molar-refractivity contribution is 7.90. The van der Waals surface area contributed by atoms with Crippen molar-refractivity contribution in [2.45, 2.75) is 17.7 Å². The molecule has 1 N–H and O–H groups in total. The molecule has 0 unspecified atom stereocenters. The Morgan fingerprint density at radius 2 is 1.77 bits per heavy atom. The van der Waals surface area contributed by atoms with Crippen LogP contribution in [0.15, 0.2) is 70.1 Å². The summed E-state index contributed by atoms with van der Waals surface area (Å²) in [5.74, 6) is 1.53. The molecule has 0 bridgehead atoms. The summed E-state index contributed by atoms with van der Waals surface area (Å²) >= 11 is 0. The van der Waals surface area contributed by atoms with Gasteiger partial charge in [-0.15, -0.1) is 0 Å². The van der Waals surface area contributed by atoms with E-state index in [-0.39, 0.29) is 0 Å². The first-order valence-electron chi connectivity index (χ1n) is 10.1. The highest BCUT2D eigenvalue weighted by Crippen LogP contribution is 2.19. The number of ether oxygens (including phenoxy) is 1. The Balaban J connectivity index is 1.42. The molecule has 7 heteroatoms. The molecule has 0 spiro atoms. The molecular weight excluding hydrogens is 398 g/mol. The normalized spacial score (nSPS) is 15.1. The second-order valence-electron chi connectivity index (χ2n) is 7.27. The number of nitrogens with one attached hydrogen (secondary N) is 1. The van der Waals surface area contributed by atoms with Gasteiger partial charge in [0.05, 0.1) is 11.4 Å². The zero-order chi connectivity index (χ0) is 21.4. The minimum absolute atomic E-state index is 0.291. The van der Waals surface area contributed by atoms with E-state index >= 15 is 0 Å². The molecular formula is C23H29N3O3S. The van der Waals surface area contributed by atoms with Crippen LogP contribution in [0.2, 0.25) is 0 Å². The zero-order valence-electron chi connectivity index (χ0n) is 17.5. The van der Waals surface area contributed by atoms with Gasteiger partial charge in [-0.1, -0.05) is 42.0 Å². The van der Waals surface area contributed by atoms with Crippen LogP contribution in [0.5, 0.6) is 5.75 Å². The van der Waals surface area contributed by atoms with Crippen molar-refractivity contribution in [2.75, 3.05) is 39.5 Å². The van der Waals surface area contributed by atoms with Crippen molar-refractivity contribution in [1.82, 2.24) is 10.2 Å². The number of sulfone groups is 1. The van der Waals surface area contributed by atoms with Gasteiger partial charge in [-0.05, 0) is 42.7 Å². The standard InChI is InChI=1S/C23H29N3O3S/c1-24-23(25-14-17-29-21-8-10-22(11-9-21)30(2,27)28)26-15-12-20(13-16-26)18-19-6-4-3-5-7-19/h3-11,18H,12-17H2,1-2H3,(H,24,25). The van der Waals surface area contributed by atoms with E-state index in [2.05, 4.69) is 45.6 Å². The number of aliphatic imine (C=N–C) groups is 1. The number of benzene rings is 2. The van der Waals surface area contributed by atoms with Crippen LogP contribution < -0.4 is 10.1 Å². The van der Waals surface area contributed by atoms with Gasteiger partial charge in [0.25, 0.3) is 0 Å². The Morgan fingerprint density at radius 1 is 1.10 bits per heavy atom. The third-order valence-corrected chi connectivity index (χ3v) is 6.12. The van der Waals surface area contributed by atoms with Crippen LogP contribution in [0.25, 0.3) is 6.08 Å². The molecule has 0 aliphatic carbocycles. The van der Waals surface area contributed by atoms with E-state index in [0.717, 1.165) is 31.9 Å². The quantitative estimate of drug-likeness (QED) is 0.435. The summed E-state index contributed by atoms with van der Waals surface area (Å²) in [5.41, 5.74) is 2.72. The average Bonchev–Trinajstić information content (AvgIpc) is 2.75. The fourth-order valence-corrected chi connectivity index (χ4v) is 4.01. The molecule has 1 fully saturated rings. The van der Waals surface area contributed by atoms with E-state index in [9.17, 15) is 8.42 Å². The minimum atomic E-state index is -3.19. The van der Waals surface area contributed by atoms with Gasteiger partial charge >= 0.3 is 0 Å². The van der Waals surface area contributed by atoms with Gasteiger partial charge in [0.1, 0.15) is 12.4 Å². The first-order chi connectivity index (χ1) is 14.5. The van der Waals surface area contributed by atoms with E-state index in [1.165, 1.54) is 17.4 Å². The van der Waals surface area contributed by atoms with Crippen molar-refractivity contribution >= 4 is 21.9 Å². The van der Waals surface area contributed by atoms with Crippen molar-refractivity contribution in [3.8, 4) is 5.75 Å². The molecule has 1 saturated heterocycles. The Morgan fingerprint density at radius 3 is 2.37 bits per heavy atom. The summed E-state index contributed by atoms with van der Waals surface area (Å²) in [5, 5.41) is 3.35. The van der Waals surface area contributed by atoms with Gasteiger partial charge in [0.2, 0.25) is 0 Å². The number of rotatable bonds is 6. The maximum Gasteiger partial charge on any atom is 0.193 e. The van der Waals surface area contributed by atoms with Crippen molar-refractivity contribution < 1.29 is 13.2 Å². The molecule has 0 aromatic heterocycles.